The molecule has 11 nitrogen and oxygen atoms in total. The van der Waals surface area contributed by atoms with E-state index in [9.17, 15) is 24.5 Å². The van der Waals surface area contributed by atoms with Crippen molar-refractivity contribution in [3.05, 3.63) is 76.1 Å². The molecule has 0 atom stereocenters. The van der Waals surface area contributed by atoms with Gasteiger partial charge in [-0.05, 0) is 43.3 Å². The fourth-order valence-corrected chi connectivity index (χ4v) is 3.59. The summed E-state index contributed by atoms with van der Waals surface area (Å²) in [5.74, 6) is -1.80. The number of amides is 2. The van der Waals surface area contributed by atoms with Crippen molar-refractivity contribution in [2.24, 2.45) is 5.73 Å². The standard InChI is InChI=1S/C21H19N5O6S/c1-2-32-21(29)16-8-9-25(24-16)15-5-3-4-14(11-15)23-19(27)12-33-18-7-6-13(20(22)28)10-17(18)26(30)31/h3-11H,2,12H2,1H3,(H2,22,28)(H,23,27). The summed E-state index contributed by atoms with van der Waals surface area (Å²) >= 11 is 0.960. The van der Waals surface area contributed by atoms with E-state index in [0.717, 1.165) is 17.8 Å². The lowest BCUT2D eigenvalue weighted by molar-refractivity contribution is -0.387. The largest absolute Gasteiger partial charge is 0.461 e. The van der Waals surface area contributed by atoms with Gasteiger partial charge in [-0.1, -0.05) is 6.07 Å². The van der Waals surface area contributed by atoms with Crippen molar-refractivity contribution < 1.29 is 24.0 Å². The van der Waals surface area contributed by atoms with E-state index in [-0.39, 0.29) is 34.2 Å². The van der Waals surface area contributed by atoms with E-state index in [1.807, 2.05) is 0 Å². The van der Waals surface area contributed by atoms with Crippen molar-refractivity contribution in [1.82, 2.24) is 9.78 Å². The van der Waals surface area contributed by atoms with E-state index in [1.165, 1.54) is 22.9 Å². The summed E-state index contributed by atoms with van der Waals surface area (Å²) in [5.41, 5.74) is 6.11. The number of aromatic nitrogens is 2. The van der Waals surface area contributed by atoms with Crippen LogP contribution < -0.4 is 11.1 Å². The second-order valence-corrected chi connectivity index (χ2v) is 7.57. The summed E-state index contributed by atoms with van der Waals surface area (Å²) in [6.07, 6.45) is 1.60. The fraction of sp³-hybridized carbons (Fsp3) is 0.143. The van der Waals surface area contributed by atoms with Crippen LogP contribution in [-0.2, 0) is 9.53 Å². The molecule has 0 bridgehead atoms. The minimum atomic E-state index is -0.779. The smallest absolute Gasteiger partial charge is 0.358 e. The Morgan fingerprint density at radius 2 is 2.00 bits per heavy atom. The minimum Gasteiger partial charge on any atom is -0.461 e. The van der Waals surface area contributed by atoms with E-state index in [4.69, 9.17) is 10.5 Å². The number of esters is 1. The maximum absolute atomic E-state index is 12.4. The first kappa shape index (κ1) is 23.5. The third kappa shape index (κ3) is 5.95. The Kier molecular flexibility index (Phi) is 7.41. The first-order valence-corrected chi connectivity index (χ1v) is 10.6. The number of rotatable bonds is 9. The predicted molar refractivity (Wildman–Crippen MR) is 120 cm³/mol. The number of nitrogens with zero attached hydrogens (tertiary/aromatic N) is 3. The highest BCUT2D eigenvalue weighted by molar-refractivity contribution is 8.00. The van der Waals surface area contributed by atoms with Gasteiger partial charge in [-0.3, -0.25) is 19.7 Å². The molecule has 2 amide bonds. The molecule has 0 aliphatic rings. The van der Waals surface area contributed by atoms with Gasteiger partial charge in [0, 0.05) is 23.5 Å². The number of benzene rings is 2. The third-order valence-corrected chi connectivity index (χ3v) is 5.33. The Bertz CT molecular complexity index is 1230. The topological polar surface area (TPSA) is 159 Å². The molecular formula is C21H19N5O6S. The van der Waals surface area contributed by atoms with E-state index in [1.54, 1.807) is 37.4 Å². The monoisotopic (exact) mass is 469 g/mol. The molecule has 0 aliphatic carbocycles. The number of nitro groups is 1. The summed E-state index contributed by atoms with van der Waals surface area (Å²) in [6.45, 7) is 1.94. The van der Waals surface area contributed by atoms with Crippen molar-refractivity contribution in [3.8, 4) is 5.69 Å². The number of anilines is 1. The molecule has 0 spiro atoms. The molecule has 0 saturated carbocycles. The summed E-state index contributed by atoms with van der Waals surface area (Å²) in [6, 6.07) is 12.1. The highest BCUT2D eigenvalue weighted by Gasteiger charge is 2.18. The number of hydrogen-bond donors (Lipinski definition) is 2. The molecule has 1 heterocycles. The van der Waals surface area contributed by atoms with Gasteiger partial charge in [-0.2, -0.15) is 5.10 Å². The van der Waals surface area contributed by atoms with Gasteiger partial charge in [-0.25, -0.2) is 9.48 Å². The number of nitrogens with one attached hydrogen (secondary N) is 1. The molecule has 170 valence electrons. The van der Waals surface area contributed by atoms with Crippen LogP contribution in [0.1, 0.15) is 27.8 Å². The summed E-state index contributed by atoms with van der Waals surface area (Å²) in [4.78, 5) is 46.3. The normalized spacial score (nSPS) is 10.5. The lowest BCUT2D eigenvalue weighted by Crippen LogP contribution is -2.14. The maximum atomic E-state index is 12.4. The van der Waals surface area contributed by atoms with Crippen LogP contribution in [0.2, 0.25) is 0 Å². The Morgan fingerprint density at radius 3 is 2.70 bits per heavy atom. The maximum Gasteiger partial charge on any atom is 0.358 e. The first-order chi connectivity index (χ1) is 15.8. The van der Waals surface area contributed by atoms with Crippen molar-refractivity contribution >= 4 is 40.9 Å². The van der Waals surface area contributed by atoms with Gasteiger partial charge in [0.05, 0.1) is 27.9 Å². The van der Waals surface area contributed by atoms with Gasteiger partial charge in [0.1, 0.15) is 0 Å². The van der Waals surface area contributed by atoms with Gasteiger partial charge in [0.25, 0.3) is 5.69 Å². The zero-order valence-electron chi connectivity index (χ0n) is 17.4. The van der Waals surface area contributed by atoms with Gasteiger partial charge in [0.2, 0.25) is 11.8 Å². The van der Waals surface area contributed by atoms with Crippen LogP contribution in [0.4, 0.5) is 11.4 Å². The number of thioether (sulfide) groups is 1. The highest BCUT2D eigenvalue weighted by Crippen LogP contribution is 2.30. The number of ether oxygens (including phenoxy) is 1. The van der Waals surface area contributed by atoms with E-state index in [2.05, 4.69) is 10.4 Å². The second-order valence-electron chi connectivity index (χ2n) is 6.56. The molecule has 0 unspecified atom stereocenters. The Balaban J connectivity index is 1.67. The zero-order chi connectivity index (χ0) is 24.0. The summed E-state index contributed by atoms with van der Waals surface area (Å²) < 4.78 is 6.39. The lowest BCUT2D eigenvalue weighted by Gasteiger charge is -2.08. The van der Waals surface area contributed by atoms with Crippen LogP contribution >= 0.6 is 11.8 Å². The van der Waals surface area contributed by atoms with Gasteiger partial charge < -0.3 is 15.8 Å². The fourth-order valence-electron chi connectivity index (χ4n) is 2.78. The number of carbonyl (C=O) groups is 3. The average Bonchev–Trinajstić information content (AvgIpc) is 3.28. The minimum absolute atomic E-state index is 0.0112. The van der Waals surface area contributed by atoms with Crippen LogP contribution in [0, 0.1) is 10.1 Å². The van der Waals surface area contributed by atoms with Crippen LogP contribution in [-0.4, -0.2) is 44.8 Å². The molecule has 0 radical (unpaired) electrons. The molecule has 3 rings (SSSR count). The van der Waals surface area contributed by atoms with E-state index >= 15 is 0 Å². The number of nitrogens with two attached hydrogens (primary N) is 1. The quantitative estimate of drug-likeness (QED) is 0.209. The number of nitro benzene ring substituents is 1. The van der Waals surface area contributed by atoms with Crippen LogP contribution in [0.25, 0.3) is 5.69 Å². The molecular weight excluding hydrogens is 450 g/mol. The van der Waals surface area contributed by atoms with E-state index in [0.29, 0.717) is 11.4 Å². The van der Waals surface area contributed by atoms with Crippen molar-refractivity contribution in [2.75, 3.05) is 17.7 Å². The van der Waals surface area contributed by atoms with Gasteiger partial charge >= 0.3 is 5.97 Å². The van der Waals surface area contributed by atoms with Crippen LogP contribution in [0.15, 0.2) is 59.6 Å². The molecule has 12 heteroatoms. The Morgan fingerprint density at radius 1 is 1.21 bits per heavy atom. The molecule has 33 heavy (non-hydrogen) atoms. The SMILES string of the molecule is CCOC(=O)c1ccn(-c2cccc(NC(=O)CSc3ccc(C(N)=O)cc3[N+](=O)[O-])c2)n1. The summed E-state index contributed by atoms with van der Waals surface area (Å²) in [7, 11) is 0. The number of hydrogen-bond acceptors (Lipinski definition) is 8. The third-order valence-electron chi connectivity index (χ3n) is 4.27. The molecule has 3 N–H and O–H groups in total. The molecule has 3 aromatic rings. The molecule has 0 saturated heterocycles. The lowest BCUT2D eigenvalue weighted by atomic mass is 10.2. The van der Waals surface area contributed by atoms with Gasteiger partial charge in [-0.15, -0.1) is 11.8 Å². The van der Waals surface area contributed by atoms with E-state index < -0.39 is 22.7 Å². The van der Waals surface area contributed by atoms with Crippen LogP contribution in [0.5, 0.6) is 0 Å². The van der Waals surface area contributed by atoms with Crippen molar-refractivity contribution in [2.45, 2.75) is 11.8 Å². The first-order valence-electron chi connectivity index (χ1n) is 9.62. The number of primary amides is 1. The Labute approximate surface area is 192 Å². The van der Waals surface area contributed by atoms with Gasteiger partial charge in [0.15, 0.2) is 5.69 Å². The molecule has 0 fully saturated rings. The van der Waals surface area contributed by atoms with Crippen molar-refractivity contribution in [3.63, 3.8) is 0 Å². The average molecular weight is 469 g/mol. The molecule has 0 aliphatic heterocycles. The summed E-state index contributed by atoms with van der Waals surface area (Å²) in [5, 5.41) is 18.2. The predicted octanol–water partition coefficient (Wildman–Crippen LogP) is 2.79. The number of carbonyl (C=O) groups excluding carboxylic acids is 3. The second kappa shape index (κ2) is 10.4. The zero-order valence-corrected chi connectivity index (χ0v) is 18.2. The van der Waals surface area contributed by atoms with Crippen molar-refractivity contribution in [1.29, 1.82) is 0 Å². The molecule has 2 aromatic carbocycles. The van der Waals surface area contributed by atoms with Crippen LogP contribution in [0.3, 0.4) is 0 Å². The Hall–Kier alpha value is -4.19. The molecule has 1 aromatic heterocycles. The highest BCUT2D eigenvalue weighted by atomic mass is 32.2.